The molecule has 0 amide bonds. The van der Waals surface area contributed by atoms with Gasteiger partial charge in [0.1, 0.15) is 0 Å². The molecule has 0 spiro atoms. The van der Waals surface area contributed by atoms with Gasteiger partial charge in [-0.05, 0) is 13.3 Å². The lowest BCUT2D eigenvalue weighted by Crippen LogP contribution is -2.44. The predicted octanol–water partition coefficient (Wildman–Crippen LogP) is 2.38. The van der Waals surface area contributed by atoms with Gasteiger partial charge < -0.3 is 4.74 Å². The number of rotatable bonds is 10. The minimum atomic E-state index is 0.818. The Morgan fingerprint density at radius 1 is 0.867 bits per heavy atom. The molecule has 0 atom stereocenters. The molecule has 92 valence electrons. The van der Waals surface area contributed by atoms with Crippen molar-refractivity contribution in [3.05, 3.63) is 0 Å². The molecule has 0 heterocycles. The van der Waals surface area contributed by atoms with Gasteiger partial charge >= 0.3 is 0 Å². The molecule has 0 aromatic heterocycles. The number of unbranched alkanes of at least 4 members (excludes halogenated alkanes) is 1. The molecule has 15 heavy (non-hydrogen) atoms. The van der Waals surface area contributed by atoms with E-state index in [1.807, 2.05) is 6.92 Å². The quantitative estimate of drug-likeness (QED) is 0.412. The van der Waals surface area contributed by atoms with Crippen LogP contribution in [0.5, 0.6) is 0 Å². The summed E-state index contributed by atoms with van der Waals surface area (Å²) in [7, 11) is 0. The molecular weight excluding hydrogens is 188 g/mol. The van der Waals surface area contributed by atoms with E-state index in [2.05, 4.69) is 30.8 Å². The number of hydrogen-bond acceptors (Lipinski definition) is 3. The molecule has 0 aliphatic rings. The SMILES string of the molecule is CCCCN(CC)N(CC)CCOCC. The largest absolute Gasteiger partial charge is 0.380 e. The number of hydrogen-bond donors (Lipinski definition) is 0. The second-order valence-corrected chi connectivity index (χ2v) is 3.64. The van der Waals surface area contributed by atoms with Crippen molar-refractivity contribution in [1.29, 1.82) is 0 Å². The minimum absolute atomic E-state index is 0.818. The summed E-state index contributed by atoms with van der Waals surface area (Å²) in [5.74, 6) is 0. The van der Waals surface area contributed by atoms with Crippen LogP contribution >= 0.6 is 0 Å². The Morgan fingerprint density at radius 3 is 1.93 bits per heavy atom. The van der Waals surface area contributed by atoms with E-state index >= 15 is 0 Å². The Balaban J connectivity index is 3.85. The van der Waals surface area contributed by atoms with Crippen molar-refractivity contribution in [2.75, 3.05) is 39.4 Å². The number of hydrazine groups is 1. The first-order valence-corrected chi connectivity index (χ1v) is 6.37. The summed E-state index contributed by atoms with van der Waals surface area (Å²) in [5.41, 5.74) is 0. The molecule has 0 saturated heterocycles. The van der Waals surface area contributed by atoms with Gasteiger partial charge in [-0.25, -0.2) is 10.0 Å². The van der Waals surface area contributed by atoms with Gasteiger partial charge in [0.25, 0.3) is 0 Å². The highest BCUT2D eigenvalue weighted by Crippen LogP contribution is 2.01. The second kappa shape index (κ2) is 10.4. The fourth-order valence-electron chi connectivity index (χ4n) is 1.65. The van der Waals surface area contributed by atoms with Crippen molar-refractivity contribution in [3.63, 3.8) is 0 Å². The molecule has 3 heteroatoms. The first kappa shape index (κ1) is 14.9. The van der Waals surface area contributed by atoms with Crippen molar-refractivity contribution in [2.24, 2.45) is 0 Å². The van der Waals surface area contributed by atoms with Crippen LogP contribution in [0.4, 0.5) is 0 Å². The lowest BCUT2D eigenvalue weighted by atomic mass is 10.3. The normalized spacial score (nSPS) is 11.6. The van der Waals surface area contributed by atoms with Crippen molar-refractivity contribution < 1.29 is 4.74 Å². The van der Waals surface area contributed by atoms with E-state index in [-0.39, 0.29) is 0 Å². The van der Waals surface area contributed by atoms with E-state index in [9.17, 15) is 0 Å². The lowest BCUT2D eigenvalue weighted by Gasteiger charge is -2.33. The van der Waals surface area contributed by atoms with Gasteiger partial charge in [-0.3, -0.25) is 0 Å². The zero-order valence-corrected chi connectivity index (χ0v) is 11.0. The number of ether oxygens (including phenoxy) is 1. The molecule has 0 rings (SSSR count). The summed E-state index contributed by atoms with van der Waals surface area (Å²) >= 11 is 0. The van der Waals surface area contributed by atoms with Gasteiger partial charge in [0.15, 0.2) is 0 Å². The smallest absolute Gasteiger partial charge is 0.0607 e. The Morgan fingerprint density at radius 2 is 1.47 bits per heavy atom. The molecule has 3 nitrogen and oxygen atoms in total. The van der Waals surface area contributed by atoms with Gasteiger partial charge in [0.2, 0.25) is 0 Å². The van der Waals surface area contributed by atoms with Crippen LogP contribution in [0.25, 0.3) is 0 Å². The molecule has 0 aromatic rings. The van der Waals surface area contributed by atoms with E-state index in [4.69, 9.17) is 4.74 Å². The number of likely N-dealkylation sites (N-methyl/N-ethyl adjacent to an activating group) is 1. The monoisotopic (exact) mass is 216 g/mol. The van der Waals surface area contributed by atoms with E-state index in [1.165, 1.54) is 19.4 Å². The molecule has 0 bridgehead atoms. The molecule has 0 N–H and O–H groups in total. The first-order valence-electron chi connectivity index (χ1n) is 6.37. The van der Waals surface area contributed by atoms with Crippen molar-refractivity contribution >= 4 is 0 Å². The molecule has 0 aliphatic heterocycles. The van der Waals surface area contributed by atoms with E-state index < -0.39 is 0 Å². The molecule has 0 fully saturated rings. The topological polar surface area (TPSA) is 15.7 Å². The van der Waals surface area contributed by atoms with Crippen LogP contribution in [-0.4, -0.2) is 49.4 Å². The Bertz CT molecular complexity index is 131. The second-order valence-electron chi connectivity index (χ2n) is 3.64. The average molecular weight is 216 g/mol. The van der Waals surface area contributed by atoms with Gasteiger partial charge in [0, 0.05) is 32.8 Å². The highest BCUT2D eigenvalue weighted by molar-refractivity contribution is 4.55. The third kappa shape index (κ3) is 6.88. The summed E-state index contributed by atoms with van der Waals surface area (Å²) in [4.78, 5) is 0. The predicted molar refractivity (Wildman–Crippen MR) is 65.9 cm³/mol. The third-order valence-electron chi connectivity index (χ3n) is 2.60. The minimum Gasteiger partial charge on any atom is -0.380 e. The highest BCUT2D eigenvalue weighted by Gasteiger charge is 2.10. The maximum absolute atomic E-state index is 5.40. The van der Waals surface area contributed by atoms with Gasteiger partial charge in [-0.15, -0.1) is 0 Å². The van der Waals surface area contributed by atoms with E-state index in [0.717, 1.165) is 32.8 Å². The molecule has 0 saturated carbocycles. The lowest BCUT2D eigenvalue weighted by molar-refractivity contribution is -0.0365. The average Bonchev–Trinajstić information content (AvgIpc) is 2.27. The zero-order valence-electron chi connectivity index (χ0n) is 11.0. The van der Waals surface area contributed by atoms with Crippen LogP contribution in [0, 0.1) is 0 Å². The molecule has 0 unspecified atom stereocenters. The van der Waals surface area contributed by atoms with Gasteiger partial charge in [-0.2, -0.15) is 0 Å². The Hall–Kier alpha value is -0.120. The van der Waals surface area contributed by atoms with Crippen LogP contribution in [-0.2, 0) is 4.74 Å². The van der Waals surface area contributed by atoms with Crippen LogP contribution in [0.3, 0.4) is 0 Å². The van der Waals surface area contributed by atoms with Gasteiger partial charge in [-0.1, -0.05) is 27.2 Å². The summed E-state index contributed by atoms with van der Waals surface area (Å²) in [6.45, 7) is 14.7. The zero-order chi connectivity index (χ0) is 11.5. The summed E-state index contributed by atoms with van der Waals surface area (Å²) < 4.78 is 5.40. The molecular formula is C12H28N2O. The van der Waals surface area contributed by atoms with Crippen LogP contribution in [0.15, 0.2) is 0 Å². The standard InChI is InChI=1S/C12H28N2O/c1-5-9-10-13(6-2)14(7-3)11-12-15-8-4/h5-12H2,1-4H3. The summed E-state index contributed by atoms with van der Waals surface area (Å²) in [6.07, 6.45) is 2.54. The van der Waals surface area contributed by atoms with Crippen molar-refractivity contribution in [3.8, 4) is 0 Å². The Labute approximate surface area is 95.4 Å². The summed E-state index contributed by atoms with van der Waals surface area (Å²) in [5, 5.41) is 4.83. The van der Waals surface area contributed by atoms with Crippen LogP contribution in [0.1, 0.15) is 40.5 Å². The highest BCUT2D eigenvalue weighted by atomic mass is 16.5. The van der Waals surface area contributed by atoms with Crippen molar-refractivity contribution in [2.45, 2.75) is 40.5 Å². The maximum Gasteiger partial charge on any atom is 0.0607 e. The van der Waals surface area contributed by atoms with Crippen molar-refractivity contribution in [1.82, 2.24) is 10.0 Å². The van der Waals surface area contributed by atoms with E-state index in [1.54, 1.807) is 0 Å². The van der Waals surface area contributed by atoms with Crippen LogP contribution < -0.4 is 0 Å². The fraction of sp³-hybridized carbons (Fsp3) is 1.00. The Kier molecular flexibility index (Phi) is 10.3. The maximum atomic E-state index is 5.40. The van der Waals surface area contributed by atoms with E-state index in [0.29, 0.717) is 0 Å². The fourth-order valence-corrected chi connectivity index (χ4v) is 1.65. The van der Waals surface area contributed by atoms with Gasteiger partial charge in [0.05, 0.1) is 6.61 Å². The summed E-state index contributed by atoms with van der Waals surface area (Å²) in [6, 6.07) is 0. The molecule has 0 aromatic carbocycles. The number of nitrogens with zero attached hydrogens (tertiary/aromatic N) is 2. The first-order chi connectivity index (χ1) is 7.29. The van der Waals surface area contributed by atoms with Crippen LogP contribution in [0.2, 0.25) is 0 Å². The molecule has 0 aliphatic carbocycles. The third-order valence-corrected chi connectivity index (χ3v) is 2.60. The molecule has 0 radical (unpaired) electrons.